The van der Waals surface area contributed by atoms with Gasteiger partial charge in [-0.25, -0.2) is 0 Å². The van der Waals surface area contributed by atoms with Crippen molar-refractivity contribution < 1.29 is 9.53 Å². The van der Waals surface area contributed by atoms with Gasteiger partial charge in [-0.15, -0.1) is 11.8 Å². The highest BCUT2D eigenvalue weighted by Gasteiger charge is 2.29. The van der Waals surface area contributed by atoms with Crippen molar-refractivity contribution in [1.82, 2.24) is 5.32 Å². The van der Waals surface area contributed by atoms with Gasteiger partial charge in [0.15, 0.2) is 0 Å². The molecule has 0 unspecified atom stereocenters. The van der Waals surface area contributed by atoms with E-state index in [9.17, 15) is 10.1 Å². The number of ether oxygens (including phenoxy) is 1. The maximum Gasteiger partial charge on any atom is 0.225 e. The molecule has 0 bridgehead atoms. The average Bonchev–Trinajstić information content (AvgIpc) is 2.62. The van der Waals surface area contributed by atoms with Crippen LogP contribution in [0.3, 0.4) is 0 Å². The van der Waals surface area contributed by atoms with Crippen LogP contribution in [-0.2, 0) is 4.79 Å². The first kappa shape index (κ1) is 19.4. The number of rotatable bonds is 9. The summed E-state index contributed by atoms with van der Waals surface area (Å²) >= 11 is 1.59. The van der Waals surface area contributed by atoms with Crippen LogP contribution in [-0.4, -0.2) is 18.3 Å². The van der Waals surface area contributed by atoms with Gasteiger partial charge in [-0.05, 0) is 36.8 Å². The van der Waals surface area contributed by atoms with Crippen LogP contribution in [0.4, 0.5) is 0 Å². The highest BCUT2D eigenvalue weighted by Crippen LogP contribution is 2.36. The highest BCUT2D eigenvalue weighted by atomic mass is 32.2. The summed E-state index contributed by atoms with van der Waals surface area (Å²) in [6.45, 7) is 4.75. The molecule has 0 aliphatic carbocycles. The first-order valence-electron chi connectivity index (χ1n) is 8.99. The molecule has 1 aromatic carbocycles. The number of amides is 1. The molecule has 25 heavy (non-hydrogen) atoms. The second-order valence-corrected chi connectivity index (χ2v) is 7.18. The molecule has 0 saturated heterocycles. The maximum atomic E-state index is 12.1. The summed E-state index contributed by atoms with van der Waals surface area (Å²) in [7, 11) is 0. The standard InChI is InChI=1S/C20H26N2O2S/c1-3-5-6-7-12-25-20-18(14-21)17(13-19(23)22-20)15-8-10-16(11-9-15)24-4-2/h8-11,17H,3-7,12-13H2,1-2H3,(H,22,23)/t17-/m1/s1. The van der Waals surface area contributed by atoms with E-state index < -0.39 is 0 Å². The number of carbonyl (C=O) groups is 1. The normalized spacial score (nSPS) is 17.2. The molecule has 0 saturated carbocycles. The van der Waals surface area contributed by atoms with Crippen LogP contribution in [0.15, 0.2) is 34.9 Å². The molecule has 1 aliphatic heterocycles. The summed E-state index contributed by atoms with van der Waals surface area (Å²) < 4.78 is 5.47. The summed E-state index contributed by atoms with van der Waals surface area (Å²) in [5.74, 6) is 1.54. The highest BCUT2D eigenvalue weighted by molar-refractivity contribution is 8.03. The molecule has 1 heterocycles. The lowest BCUT2D eigenvalue weighted by Gasteiger charge is -2.25. The third-order valence-corrected chi connectivity index (χ3v) is 5.30. The molecule has 1 aromatic rings. The van der Waals surface area contributed by atoms with E-state index in [0.717, 1.165) is 28.5 Å². The van der Waals surface area contributed by atoms with Crippen LogP contribution in [0, 0.1) is 11.3 Å². The van der Waals surface area contributed by atoms with Gasteiger partial charge in [0.25, 0.3) is 0 Å². The molecule has 134 valence electrons. The van der Waals surface area contributed by atoms with Crippen molar-refractivity contribution in [2.24, 2.45) is 0 Å². The molecule has 0 radical (unpaired) electrons. The Morgan fingerprint density at radius 1 is 1.24 bits per heavy atom. The molecule has 2 rings (SSSR count). The summed E-state index contributed by atoms with van der Waals surface area (Å²) in [6.07, 6.45) is 5.04. The minimum absolute atomic E-state index is 0.0195. The Hall–Kier alpha value is -1.93. The number of nitrogens with one attached hydrogen (secondary N) is 1. The number of nitriles is 1. The number of benzene rings is 1. The van der Waals surface area contributed by atoms with E-state index in [1.165, 1.54) is 19.3 Å². The summed E-state index contributed by atoms with van der Waals surface area (Å²) in [4.78, 5) is 12.1. The average molecular weight is 359 g/mol. The lowest BCUT2D eigenvalue weighted by atomic mass is 9.87. The van der Waals surface area contributed by atoms with Crippen LogP contribution in [0.2, 0.25) is 0 Å². The lowest BCUT2D eigenvalue weighted by Crippen LogP contribution is -2.30. The monoisotopic (exact) mass is 358 g/mol. The van der Waals surface area contributed by atoms with Gasteiger partial charge in [-0.3, -0.25) is 4.79 Å². The zero-order valence-electron chi connectivity index (χ0n) is 15.0. The van der Waals surface area contributed by atoms with Gasteiger partial charge >= 0.3 is 0 Å². The van der Waals surface area contributed by atoms with Crippen LogP contribution in [0.1, 0.15) is 57.4 Å². The molecular weight excluding hydrogens is 332 g/mol. The van der Waals surface area contributed by atoms with Crippen molar-refractivity contribution >= 4 is 17.7 Å². The Morgan fingerprint density at radius 2 is 2.00 bits per heavy atom. The number of allylic oxidation sites excluding steroid dienone is 1. The molecule has 0 fully saturated rings. The molecule has 0 aromatic heterocycles. The van der Waals surface area contributed by atoms with Gasteiger partial charge in [0, 0.05) is 12.3 Å². The SMILES string of the molecule is CCCCCCSC1=C(C#N)[C@@H](c2ccc(OCC)cc2)CC(=O)N1. The van der Waals surface area contributed by atoms with Crippen molar-refractivity contribution in [3.8, 4) is 11.8 Å². The van der Waals surface area contributed by atoms with E-state index in [1.54, 1.807) is 11.8 Å². The van der Waals surface area contributed by atoms with Crippen molar-refractivity contribution in [3.05, 3.63) is 40.4 Å². The zero-order chi connectivity index (χ0) is 18.1. The van der Waals surface area contributed by atoms with Gasteiger partial charge in [0.05, 0.1) is 23.3 Å². The second-order valence-electron chi connectivity index (χ2n) is 6.07. The minimum atomic E-state index is -0.174. The van der Waals surface area contributed by atoms with E-state index in [2.05, 4.69) is 18.3 Å². The number of thioether (sulfide) groups is 1. The molecule has 1 aliphatic rings. The van der Waals surface area contributed by atoms with Crippen molar-refractivity contribution in [3.63, 3.8) is 0 Å². The number of nitrogens with zero attached hydrogens (tertiary/aromatic N) is 1. The quantitative estimate of drug-likeness (QED) is 0.648. The number of carbonyl (C=O) groups excluding carboxylic acids is 1. The molecule has 1 amide bonds. The van der Waals surface area contributed by atoms with Gasteiger partial charge in [-0.1, -0.05) is 38.3 Å². The van der Waals surface area contributed by atoms with Gasteiger partial charge in [0.2, 0.25) is 5.91 Å². The second kappa shape index (κ2) is 10.1. The third kappa shape index (κ3) is 5.54. The largest absolute Gasteiger partial charge is 0.494 e. The summed E-state index contributed by atoms with van der Waals surface area (Å²) in [5.41, 5.74) is 1.66. The Kier molecular flexibility index (Phi) is 7.87. The topological polar surface area (TPSA) is 62.1 Å². The fourth-order valence-electron chi connectivity index (χ4n) is 2.88. The van der Waals surface area contributed by atoms with Crippen LogP contribution < -0.4 is 10.1 Å². The van der Waals surface area contributed by atoms with Crippen molar-refractivity contribution in [1.29, 1.82) is 5.26 Å². The Labute approximate surface area is 154 Å². The van der Waals surface area contributed by atoms with Crippen LogP contribution >= 0.6 is 11.8 Å². The van der Waals surface area contributed by atoms with Gasteiger partial charge < -0.3 is 10.1 Å². The van der Waals surface area contributed by atoms with Gasteiger partial charge in [-0.2, -0.15) is 5.26 Å². The van der Waals surface area contributed by atoms with E-state index in [1.807, 2.05) is 31.2 Å². The number of hydrogen-bond donors (Lipinski definition) is 1. The number of hydrogen-bond acceptors (Lipinski definition) is 4. The van der Waals surface area contributed by atoms with E-state index in [0.29, 0.717) is 18.6 Å². The van der Waals surface area contributed by atoms with Crippen LogP contribution in [0.5, 0.6) is 5.75 Å². The smallest absolute Gasteiger partial charge is 0.225 e. The van der Waals surface area contributed by atoms with Crippen LogP contribution in [0.25, 0.3) is 0 Å². The summed E-state index contributed by atoms with van der Waals surface area (Å²) in [6, 6.07) is 10.0. The molecule has 5 heteroatoms. The Balaban J connectivity index is 2.13. The predicted octanol–water partition coefficient (Wildman–Crippen LogP) is 4.74. The van der Waals surface area contributed by atoms with Crippen molar-refractivity contribution in [2.45, 2.75) is 51.9 Å². The third-order valence-electron chi connectivity index (χ3n) is 4.19. The molecular formula is C20H26N2O2S. The maximum absolute atomic E-state index is 12.1. The molecule has 4 nitrogen and oxygen atoms in total. The fourth-order valence-corrected chi connectivity index (χ4v) is 3.97. The Bertz CT molecular complexity index is 647. The van der Waals surface area contributed by atoms with Crippen molar-refractivity contribution in [2.75, 3.05) is 12.4 Å². The molecule has 1 N–H and O–H groups in total. The fraction of sp³-hybridized carbons (Fsp3) is 0.500. The minimum Gasteiger partial charge on any atom is -0.494 e. The lowest BCUT2D eigenvalue weighted by molar-refractivity contribution is -0.120. The number of unbranched alkanes of at least 4 members (excludes halogenated alkanes) is 3. The van der Waals surface area contributed by atoms with E-state index in [-0.39, 0.29) is 11.8 Å². The van der Waals surface area contributed by atoms with E-state index in [4.69, 9.17) is 4.74 Å². The predicted molar refractivity (Wildman–Crippen MR) is 102 cm³/mol. The van der Waals surface area contributed by atoms with E-state index >= 15 is 0 Å². The first-order valence-corrected chi connectivity index (χ1v) is 9.97. The zero-order valence-corrected chi connectivity index (χ0v) is 15.8. The summed E-state index contributed by atoms with van der Waals surface area (Å²) in [5, 5.41) is 13.3. The Morgan fingerprint density at radius 3 is 2.64 bits per heavy atom. The molecule has 1 atom stereocenters. The van der Waals surface area contributed by atoms with Gasteiger partial charge in [0.1, 0.15) is 5.75 Å². The first-order chi connectivity index (χ1) is 12.2. The molecule has 0 spiro atoms.